The maximum atomic E-state index is 13.0. The second-order valence-electron chi connectivity index (χ2n) is 6.09. The number of thiazole rings is 1. The van der Waals surface area contributed by atoms with Gasteiger partial charge in [0.2, 0.25) is 0 Å². The molecule has 0 aliphatic carbocycles. The average molecular weight is 388 g/mol. The topological polar surface area (TPSA) is 63.4 Å². The summed E-state index contributed by atoms with van der Waals surface area (Å²) in [4.78, 5) is 30.7. The molecule has 28 heavy (non-hydrogen) atoms. The number of carbonyl (C=O) groups is 2. The Hall–Kier alpha value is -3.51. The van der Waals surface area contributed by atoms with Gasteiger partial charge in [-0.25, -0.2) is 4.98 Å². The van der Waals surface area contributed by atoms with Crippen LogP contribution in [0, 0.1) is 0 Å². The van der Waals surface area contributed by atoms with Gasteiger partial charge in [-0.2, -0.15) is 0 Å². The number of furan rings is 1. The maximum Gasteiger partial charge on any atom is 0.257 e. The van der Waals surface area contributed by atoms with Crippen LogP contribution < -0.4 is 4.90 Å². The van der Waals surface area contributed by atoms with E-state index in [1.54, 1.807) is 48.7 Å². The predicted molar refractivity (Wildman–Crippen MR) is 111 cm³/mol. The number of amides is 1. The van der Waals surface area contributed by atoms with Crippen molar-refractivity contribution in [3.63, 3.8) is 0 Å². The Bertz CT molecular complexity index is 1130. The van der Waals surface area contributed by atoms with Gasteiger partial charge in [0.25, 0.3) is 5.91 Å². The third kappa shape index (κ3) is 3.63. The van der Waals surface area contributed by atoms with Gasteiger partial charge in [-0.05, 0) is 61.5 Å². The summed E-state index contributed by atoms with van der Waals surface area (Å²) in [5, 5.41) is 0.561. The van der Waals surface area contributed by atoms with Gasteiger partial charge in [-0.15, -0.1) is 0 Å². The molecule has 0 radical (unpaired) electrons. The molecule has 2 aromatic heterocycles. The lowest BCUT2D eigenvalue weighted by Crippen LogP contribution is -2.23. The van der Waals surface area contributed by atoms with Crippen molar-refractivity contribution in [1.29, 1.82) is 0 Å². The first kappa shape index (κ1) is 17.9. The van der Waals surface area contributed by atoms with Crippen LogP contribution in [0.2, 0.25) is 0 Å². The van der Waals surface area contributed by atoms with Crippen molar-refractivity contribution in [2.45, 2.75) is 6.92 Å². The molecule has 4 aromatic rings. The lowest BCUT2D eigenvalue weighted by Gasteiger charge is -2.18. The van der Waals surface area contributed by atoms with Crippen molar-refractivity contribution in [1.82, 2.24) is 4.98 Å². The Labute approximate surface area is 165 Å². The third-order valence-corrected chi connectivity index (χ3v) is 5.18. The Kier molecular flexibility index (Phi) is 4.87. The number of hydrogen-bond acceptors (Lipinski definition) is 5. The number of nitrogens with zero attached hydrogens (tertiary/aromatic N) is 2. The van der Waals surface area contributed by atoms with E-state index in [2.05, 4.69) is 4.98 Å². The number of aromatic nitrogens is 1. The molecule has 5 nitrogen and oxygen atoms in total. The predicted octanol–water partition coefficient (Wildman–Crippen LogP) is 5.47. The van der Waals surface area contributed by atoms with Crippen molar-refractivity contribution < 1.29 is 14.0 Å². The Balaban J connectivity index is 1.75. The molecule has 0 saturated heterocycles. The van der Waals surface area contributed by atoms with Gasteiger partial charge in [-0.1, -0.05) is 23.5 Å². The van der Waals surface area contributed by atoms with Crippen LogP contribution in [0.4, 0.5) is 10.8 Å². The highest BCUT2D eigenvalue weighted by molar-refractivity contribution is 7.22. The highest BCUT2D eigenvalue weighted by Crippen LogP contribution is 2.34. The average Bonchev–Trinajstić information content (AvgIpc) is 3.36. The fourth-order valence-electron chi connectivity index (χ4n) is 2.75. The van der Waals surface area contributed by atoms with E-state index in [1.807, 2.05) is 24.3 Å². The molecular formula is C22H16N2O3S. The van der Waals surface area contributed by atoms with E-state index in [1.165, 1.54) is 29.2 Å². The highest BCUT2D eigenvalue weighted by atomic mass is 32.1. The number of rotatable bonds is 5. The third-order valence-electron chi connectivity index (χ3n) is 4.16. The molecule has 0 aliphatic rings. The molecule has 138 valence electrons. The molecular weight excluding hydrogens is 372 g/mol. The summed E-state index contributed by atoms with van der Waals surface area (Å²) < 4.78 is 6.25. The first-order chi connectivity index (χ1) is 13.6. The lowest BCUT2D eigenvalue weighted by molar-refractivity contribution is -0.113. The smallest absolute Gasteiger partial charge is 0.257 e. The summed E-state index contributed by atoms with van der Waals surface area (Å²) in [5.74, 6) is 0.303. The van der Waals surface area contributed by atoms with Crippen LogP contribution in [0.1, 0.15) is 23.0 Å². The summed E-state index contributed by atoms with van der Waals surface area (Å²) >= 11 is 1.43. The second kappa shape index (κ2) is 7.62. The van der Waals surface area contributed by atoms with Crippen molar-refractivity contribution in [3.8, 4) is 0 Å². The summed E-state index contributed by atoms with van der Waals surface area (Å²) in [7, 11) is 0. The minimum absolute atomic E-state index is 0.0258. The van der Waals surface area contributed by atoms with Crippen LogP contribution in [0.5, 0.6) is 0 Å². The van der Waals surface area contributed by atoms with Crippen molar-refractivity contribution in [2.75, 3.05) is 4.90 Å². The second-order valence-corrected chi connectivity index (χ2v) is 7.10. The van der Waals surface area contributed by atoms with Crippen LogP contribution in [-0.4, -0.2) is 16.7 Å². The molecule has 0 spiro atoms. The Morgan fingerprint density at radius 3 is 2.50 bits per heavy atom. The van der Waals surface area contributed by atoms with E-state index in [0.717, 1.165) is 10.2 Å². The maximum absolute atomic E-state index is 13.0. The molecule has 4 rings (SSSR count). The zero-order valence-corrected chi connectivity index (χ0v) is 15.8. The number of para-hydroxylation sites is 1. The quantitative estimate of drug-likeness (QED) is 0.336. The van der Waals surface area contributed by atoms with Gasteiger partial charge in [-0.3, -0.25) is 14.5 Å². The summed E-state index contributed by atoms with van der Waals surface area (Å²) in [6, 6.07) is 18.2. The van der Waals surface area contributed by atoms with Crippen LogP contribution in [0.3, 0.4) is 0 Å². The van der Waals surface area contributed by atoms with Crippen LogP contribution in [-0.2, 0) is 4.79 Å². The number of ketones is 1. The molecule has 0 N–H and O–H groups in total. The molecule has 6 heteroatoms. The van der Waals surface area contributed by atoms with Gasteiger partial charge >= 0.3 is 0 Å². The SMILES string of the molecule is CC(=O)c1ccc(N(C(=O)C=Cc2ccco2)c2nc3ccccc3s2)cc1. The zero-order chi connectivity index (χ0) is 19.5. The monoisotopic (exact) mass is 388 g/mol. The minimum atomic E-state index is -0.258. The molecule has 0 aliphatic heterocycles. The Morgan fingerprint density at radius 1 is 1.04 bits per heavy atom. The number of carbonyl (C=O) groups excluding carboxylic acids is 2. The summed E-state index contributed by atoms with van der Waals surface area (Å²) in [6.07, 6.45) is 4.62. The molecule has 1 amide bonds. The van der Waals surface area contributed by atoms with E-state index in [0.29, 0.717) is 22.1 Å². The summed E-state index contributed by atoms with van der Waals surface area (Å²) in [5.41, 5.74) is 2.06. The highest BCUT2D eigenvalue weighted by Gasteiger charge is 2.20. The van der Waals surface area contributed by atoms with Gasteiger partial charge in [0, 0.05) is 11.6 Å². The first-order valence-corrected chi connectivity index (χ1v) is 9.46. The molecule has 0 bridgehead atoms. The van der Waals surface area contributed by atoms with E-state index in [-0.39, 0.29) is 11.7 Å². The molecule has 0 saturated carbocycles. The van der Waals surface area contributed by atoms with Gasteiger partial charge in [0.1, 0.15) is 5.76 Å². The molecule has 2 aromatic carbocycles. The van der Waals surface area contributed by atoms with E-state index >= 15 is 0 Å². The summed E-state index contributed by atoms with van der Waals surface area (Å²) in [6.45, 7) is 1.51. The first-order valence-electron chi connectivity index (χ1n) is 8.64. The number of fused-ring (bicyclic) bond motifs is 1. The van der Waals surface area contributed by atoms with Gasteiger partial charge in [0.15, 0.2) is 10.9 Å². The molecule has 0 fully saturated rings. The standard InChI is InChI=1S/C22H16N2O3S/c1-15(25)16-8-10-17(11-9-16)24(21(26)13-12-18-5-4-14-27-18)22-23-19-6-2-3-7-20(19)28-22/h2-14H,1H3. The number of Topliss-reactive ketones (excluding diaryl/α,β-unsaturated/α-hetero) is 1. The van der Waals surface area contributed by atoms with Crippen molar-refractivity contribution >= 4 is 50.1 Å². The van der Waals surface area contributed by atoms with Gasteiger partial charge in [0.05, 0.1) is 22.2 Å². The van der Waals surface area contributed by atoms with Gasteiger partial charge < -0.3 is 4.42 Å². The molecule has 2 heterocycles. The van der Waals surface area contributed by atoms with E-state index in [4.69, 9.17) is 4.42 Å². The largest absolute Gasteiger partial charge is 0.465 e. The van der Waals surface area contributed by atoms with Crippen molar-refractivity contribution in [2.24, 2.45) is 0 Å². The fraction of sp³-hybridized carbons (Fsp3) is 0.0455. The van der Waals surface area contributed by atoms with E-state index < -0.39 is 0 Å². The normalized spacial score (nSPS) is 11.2. The van der Waals surface area contributed by atoms with Crippen LogP contribution >= 0.6 is 11.3 Å². The Morgan fingerprint density at radius 2 is 1.82 bits per heavy atom. The lowest BCUT2D eigenvalue weighted by atomic mass is 10.1. The molecule has 0 atom stereocenters. The van der Waals surface area contributed by atoms with Crippen LogP contribution in [0.25, 0.3) is 16.3 Å². The minimum Gasteiger partial charge on any atom is -0.465 e. The van der Waals surface area contributed by atoms with Crippen LogP contribution in [0.15, 0.2) is 77.4 Å². The number of hydrogen-bond donors (Lipinski definition) is 0. The zero-order valence-electron chi connectivity index (χ0n) is 15.0. The van der Waals surface area contributed by atoms with Crippen molar-refractivity contribution in [3.05, 3.63) is 84.3 Å². The molecule has 0 unspecified atom stereocenters. The van der Waals surface area contributed by atoms with E-state index in [9.17, 15) is 9.59 Å². The number of anilines is 2. The number of benzene rings is 2. The fourth-order valence-corrected chi connectivity index (χ4v) is 3.74.